The highest BCUT2D eigenvalue weighted by molar-refractivity contribution is 5.94. The van der Waals surface area contributed by atoms with Crippen LogP contribution in [0.4, 0.5) is 18.9 Å². The fraction of sp³-hybridized carbons (Fsp3) is 0.500. The SMILES string of the molecule is O=C(Nc1cc(F)c(=O)n(CC(F)F)c1)[C@@H]1CCCN1. The predicted octanol–water partition coefficient (Wildman–Crippen LogP) is 0.943. The number of nitrogens with zero attached hydrogens (tertiary/aromatic N) is 1. The van der Waals surface area contributed by atoms with Crippen molar-refractivity contribution in [3.63, 3.8) is 0 Å². The fourth-order valence-corrected chi connectivity index (χ4v) is 2.09. The number of nitrogens with one attached hydrogen (secondary N) is 2. The van der Waals surface area contributed by atoms with Crippen molar-refractivity contribution in [1.29, 1.82) is 0 Å². The molecule has 1 aromatic heterocycles. The monoisotopic (exact) mass is 289 g/mol. The summed E-state index contributed by atoms with van der Waals surface area (Å²) in [6.07, 6.45) is -0.248. The number of hydrogen-bond acceptors (Lipinski definition) is 3. The van der Waals surface area contributed by atoms with E-state index in [-0.39, 0.29) is 17.6 Å². The van der Waals surface area contributed by atoms with Gasteiger partial charge in [-0.3, -0.25) is 9.59 Å². The summed E-state index contributed by atoms with van der Waals surface area (Å²) in [7, 11) is 0. The molecule has 1 aromatic rings. The third-order valence-electron chi connectivity index (χ3n) is 3.02. The average molecular weight is 289 g/mol. The minimum atomic E-state index is -2.78. The standard InChI is InChI=1S/C12H14F3N3O2/c13-8-4-7(5-18(12(8)20)6-10(14)15)17-11(19)9-2-1-3-16-9/h4-5,9-10,16H,1-3,6H2,(H,17,19)/t9-/m0/s1. The van der Waals surface area contributed by atoms with E-state index in [0.717, 1.165) is 25.2 Å². The van der Waals surface area contributed by atoms with Crippen LogP contribution < -0.4 is 16.2 Å². The van der Waals surface area contributed by atoms with E-state index in [9.17, 15) is 22.8 Å². The lowest BCUT2D eigenvalue weighted by molar-refractivity contribution is -0.117. The van der Waals surface area contributed by atoms with E-state index in [0.29, 0.717) is 11.0 Å². The number of alkyl halides is 2. The Morgan fingerprint density at radius 1 is 1.55 bits per heavy atom. The first-order valence-electron chi connectivity index (χ1n) is 6.20. The Bertz CT molecular complexity index is 553. The number of pyridine rings is 1. The van der Waals surface area contributed by atoms with Gasteiger partial charge in [-0.05, 0) is 19.4 Å². The number of aromatic nitrogens is 1. The van der Waals surface area contributed by atoms with E-state index in [1.807, 2.05) is 0 Å². The highest BCUT2D eigenvalue weighted by atomic mass is 19.3. The first-order chi connectivity index (χ1) is 9.47. The number of halogens is 3. The largest absolute Gasteiger partial charge is 0.323 e. The van der Waals surface area contributed by atoms with Gasteiger partial charge >= 0.3 is 0 Å². The maximum absolute atomic E-state index is 13.4. The number of amides is 1. The smallest absolute Gasteiger partial charge is 0.286 e. The van der Waals surface area contributed by atoms with Gasteiger partial charge in [0.1, 0.15) is 0 Å². The molecule has 1 aliphatic heterocycles. The van der Waals surface area contributed by atoms with Crippen molar-refractivity contribution in [3.05, 3.63) is 28.4 Å². The number of rotatable bonds is 4. The highest BCUT2D eigenvalue weighted by Crippen LogP contribution is 2.11. The number of carbonyl (C=O) groups excluding carboxylic acids is 1. The summed E-state index contributed by atoms with van der Waals surface area (Å²) in [5.41, 5.74) is -1.15. The Morgan fingerprint density at radius 2 is 2.30 bits per heavy atom. The normalized spacial score (nSPS) is 18.5. The van der Waals surface area contributed by atoms with E-state index in [1.54, 1.807) is 0 Å². The molecule has 8 heteroatoms. The number of carbonyl (C=O) groups is 1. The quantitative estimate of drug-likeness (QED) is 0.867. The lowest BCUT2D eigenvalue weighted by Crippen LogP contribution is -2.36. The summed E-state index contributed by atoms with van der Waals surface area (Å²) in [6.45, 7) is -0.196. The molecule has 1 fully saturated rings. The van der Waals surface area contributed by atoms with Gasteiger partial charge in [0, 0.05) is 12.3 Å². The van der Waals surface area contributed by atoms with Gasteiger partial charge in [0.2, 0.25) is 5.91 Å². The third kappa shape index (κ3) is 3.38. The van der Waals surface area contributed by atoms with Crippen LogP contribution in [0.2, 0.25) is 0 Å². The van der Waals surface area contributed by atoms with Crippen LogP contribution in [0.1, 0.15) is 12.8 Å². The molecule has 1 amide bonds. The fourth-order valence-electron chi connectivity index (χ4n) is 2.09. The maximum Gasteiger partial charge on any atom is 0.286 e. The molecule has 0 radical (unpaired) electrons. The van der Waals surface area contributed by atoms with Crippen molar-refractivity contribution in [1.82, 2.24) is 9.88 Å². The summed E-state index contributed by atoms with van der Waals surface area (Å²) in [5, 5.41) is 5.37. The van der Waals surface area contributed by atoms with E-state index in [2.05, 4.69) is 10.6 Å². The molecule has 0 spiro atoms. The molecule has 0 aliphatic carbocycles. The summed E-state index contributed by atoms with van der Waals surface area (Å²) in [5.74, 6) is -1.55. The predicted molar refractivity (Wildman–Crippen MR) is 66.3 cm³/mol. The summed E-state index contributed by atoms with van der Waals surface area (Å²) >= 11 is 0. The minimum Gasteiger partial charge on any atom is -0.323 e. The topological polar surface area (TPSA) is 63.1 Å². The molecule has 1 saturated heterocycles. The van der Waals surface area contributed by atoms with E-state index in [1.165, 1.54) is 0 Å². The zero-order valence-electron chi connectivity index (χ0n) is 10.5. The van der Waals surface area contributed by atoms with Crippen molar-refractivity contribution in [3.8, 4) is 0 Å². The summed E-state index contributed by atoms with van der Waals surface area (Å²) < 4.78 is 38.5. The Labute approximate surface area is 112 Å². The van der Waals surface area contributed by atoms with E-state index >= 15 is 0 Å². The molecule has 0 unspecified atom stereocenters. The van der Waals surface area contributed by atoms with Gasteiger partial charge in [0.15, 0.2) is 5.82 Å². The maximum atomic E-state index is 13.4. The molecule has 2 heterocycles. The van der Waals surface area contributed by atoms with Crippen LogP contribution in [0.15, 0.2) is 17.1 Å². The van der Waals surface area contributed by atoms with Crippen LogP contribution in [0.5, 0.6) is 0 Å². The Balaban J connectivity index is 2.17. The third-order valence-corrected chi connectivity index (χ3v) is 3.02. The molecule has 2 rings (SSSR count). The van der Waals surface area contributed by atoms with Crippen LogP contribution in [0.3, 0.4) is 0 Å². The van der Waals surface area contributed by atoms with Gasteiger partial charge in [0.25, 0.3) is 12.0 Å². The van der Waals surface area contributed by atoms with Gasteiger partial charge in [-0.1, -0.05) is 0 Å². The van der Waals surface area contributed by atoms with Crippen LogP contribution >= 0.6 is 0 Å². The molecule has 20 heavy (non-hydrogen) atoms. The van der Waals surface area contributed by atoms with Gasteiger partial charge in [-0.25, -0.2) is 13.2 Å². The molecular weight excluding hydrogens is 275 g/mol. The Hall–Kier alpha value is -1.83. The molecule has 2 N–H and O–H groups in total. The zero-order valence-corrected chi connectivity index (χ0v) is 10.5. The molecule has 1 atom stereocenters. The van der Waals surface area contributed by atoms with E-state index in [4.69, 9.17) is 0 Å². The number of hydrogen-bond donors (Lipinski definition) is 2. The van der Waals surface area contributed by atoms with Gasteiger partial charge in [-0.15, -0.1) is 0 Å². The zero-order chi connectivity index (χ0) is 14.7. The molecule has 5 nitrogen and oxygen atoms in total. The van der Waals surface area contributed by atoms with Crippen LogP contribution in [-0.4, -0.2) is 29.5 Å². The molecule has 0 bridgehead atoms. The van der Waals surface area contributed by atoms with Crippen molar-refractivity contribution < 1.29 is 18.0 Å². The van der Waals surface area contributed by atoms with Gasteiger partial charge in [0.05, 0.1) is 18.3 Å². The van der Waals surface area contributed by atoms with Crippen molar-refractivity contribution in [2.45, 2.75) is 31.9 Å². The van der Waals surface area contributed by atoms with Crippen molar-refractivity contribution in [2.75, 3.05) is 11.9 Å². The average Bonchev–Trinajstić information content (AvgIpc) is 2.88. The van der Waals surface area contributed by atoms with Gasteiger partial charge in [-0.2, -0.15) is 0 Å². The second-order valence-corrected chi connectivity index (χ2v) is 4.56. The van der Waals surface area contributed by atoms with Gasteiger partial charge < -0.3 is 15.2 Å². The highest BCUT2D eigenvalue weighted by Gasteiger charge is 2.22. The van der Waals surface area contributed by atoms with Crippen molar-refractivity contribution >= 4 is 11.6 Å². The number of anilines is 1. The van der Waals surface area contributed by atoms with Crippen LogP contribution in [0.25, 0.3) is 0 Å². The first kappa shape index (κ1) is 14.6. The minimum absolute atomic E-state index is 0.0125. The Kier molecular flexibility index (Phi) is 4.43. The van der Waals surface area contributed by atoms with E-state index < -0.39 is 24.3 Å². The second-order valence-electron chi connectivity index (χ2n) is 4.56. The summed E-state index contributed by atoms with van der Waals surface area (Å²) in [4.78, 5) is 23.1. The summed E-state index contributed by atoms with van der Waals surface area (Å²) in [6, 6.07) is 0.450. The lowest BCUT2D eigenvalue weighted by atomic mass is 10.2. The first-order valence-corrected chi connectivity index (χ1v) is 6.20. The lowest BCUT2D eigenvalue weighted by Gasteiger charge is -2.13. The molecule has 0 aromatic carbocycles. The second kappa shape index (κ2) is 6.08. The Morgan fingerprint density at radius 3 is 2.90 bits per heavy atom. The van der Waals surface area contributed by atoms with Crippen LogP contribution in [0, 0.1) is 5.82 Å². The van der Waals surface area contributed by atoms with Crippen LogP contribution in [-0.2, 0) is 11.3 Å². The molecular formula is C12H14F3N3O2. The molecule has 0 saturated carbocycles. The van der Waals surface area contributed by atoms with Crippen molar-refractivity contribution in [2.24, 2.45) is 0 Å². The molecule has 110 valence electrons. The molecule has 1 aliphatic rings.